The standard InChI is InChI=1S/C13H12FNO2.C12H12FN.CO2/c1-13(5-2-6-13)9-4-3-8(7-15)11(14)10(9)12(16)17;1-12(5-2-6-12)10-4-3-9(8-14)11(13)7-10;2-1-3/h3-4H,2,5-6H2,1H3,(H,16,17);3-4,7H,2,5-6H2,1H3;. The van der Waals surface area contributed by atoms with Crippen LogP contribution >= 0.6 is 0 Å². The number of nitrogens with zero attached hydrogens (tertiary/aromatic N) is 2. The van der Waals surface area contributed by atoms with Crippen molar-refractivity contribution < 1.29 is 28.3 Å². The van der Waals surface area contributed by atoms with Gasteiger partial charge in [-0.3, -0.25) is 0 Å². The van der Waals surface area contributed by atoms with Gasteiger partial charge in [-0.2, -0.15) is 20.1 Å². The Morgan fingerprint density at radius 1 is 0.912 bits per heavy atom. The highest BCUT2D eigenvalue weighted by atomic mass is 19.1. The van der Waals surface area contributed by atoms with Crippen LogP contribution in [0.3, 0.4) is 0 Å². The number of carbonyl (C=O) groups excluding carboxylic acids is 2. The predicted octanol–water partition coefficient (Wildman–Crippen LogP) is 5.39. The molecule has 2 aromatic rings. The number of nitriles is 2. The van der Waals surface area contributed by atoms with E-state index in [1.165, 1.54) is 18.6 Å². The number of rotatable bonds is 3. The number of aromatic carboxylic acids is 1. The van der Waals surface area contributed by atoms with Crippen LogP contribution in [-0.2, 0) is 20.4 Å². The summed E-state index contributed by atoms with van der Waals surface area (Å²) in [5, 5.41) is 26.4. The Hall–Kier alpha value is -3.87. The molecular formula is C26H24F2N2O4. The second-order valence-corrected chi connectivity index (χ2v) is 8.98. The van der Waals surface area contributed by atoms with E-state index in [4.69, 9.17) is 25.2 Å². The molecule has 2 aliphatic rings. The van der Waals surface area contributed by atoms with Crippen LogP contribution < -0.4 is 0 Å². The van der Waals surface area contributed by atoms with Crippen LogP contribution in [0.1, 0.15) is 85.0 Å². The van der Waals surface area contributed by atoms with Gasteiger partial charge in [-0.05, 0) is 65.8 Å². The number of carboxylic acids is 1. The number of carboxylic acid groups (broad SMARTS) is 1. The van der Waals surface area contributed by atoms with Gasteiger partial charge in [0.25, 0.3) is 0 Å². The minimum absolute atomic E-state index is 0.136. The Labute approximate surface area is 196 Å². The average Bonchev–Trinajstić information content (AvgIpc) is 2.76. The molecule has 0 aliphatic heterocycles. The Morgan fingerprint density at radius 3 is 1.79 bits per heavy atom. The SMILES string of the molecule is CC1(c2ccc(C#N)c(F)c2)CCC1.CC1(c2ccc(C#N)c(F)c2C(=O)O)CCC1.O=C=O. The molecule has 0 bridgehead atoms. The minimum Gasteiger partial charge on any atom is -0.478 e. The van der Waals surface area contributed by atoms with E-state index in [1.807, 2.05) is 19.1 Å². The molecule has 0 spiro atoms. The van der Waals surface area contributed by atoms with Crippen LogP contribution in [0.2, 0.25) is 0 Å². The summed E-state index contributed by atoms with van der Waals surface area (Å²) in [6.45, 7) is 4.08. The van der Waals surface area contributed by atoms with Crippen molar-refractivity contribution in [2.45, 2.75) is 63.2 Å². The second-order valence-electron chi connectivity index (χ2n) is 8.98. The smallest absolute Gasteiger partial charge is 0.373 e. The Bertz CT molecular complexity index is 1200. The van der Waals surface area contributed by atoms with Crippen molar-refractivity contribution in [2.24, 2.45) is 0 Å². The first-order valence-corrected chi connectivity index (χ1v) is 10.7. The lowest BCUT2D eigenvalue weighted by atomic mass is 9.64. The second kappa shape index (κ2) is 10.8. The third-order valence-electron chi connectivity index (χ3n) is 6.83. The zero-order chi connectivity index (χ0) is 25.5. The van der Waals surface area contributed by atoms with Crippen molar-refractivity contribution in [1.29, 1.82) is 10.5 Å². The Morgan fingerprint density at radius 2 is 1.41 bits per heavy atom. The number of carbonyl (C=O) groups is 1. The molecule has 0 radical (unpaired) electrons. The molecule has 0 heterocycles. The normalized spacial score (nSPS) is 16.3. The van der Waals surface area contributed by atoms with Crippen molar-refractivity contribution in [3.63, 3.8) is 0 Å². The molecule has 0 aromatic heterocycles. The van der Waals surface area contributed by atoms with Crippen molar-refractivity contribution in [1.82, 2.24) is 0 Å². The minimum atomic E-state index is -1.30. The summed E-state index contributed by atoms with van der Waals surface area (Å²) in [6, 6.07) is 11.4. The van der Waals surface area contributed by atoms with E-state index in [0.717, 1.165) is 37.7 Å². The van der Waals surface area contributed by atoms with Gasteiger partial charge in [0.1, 0.15) is 23.5 Å². The van der Waals surface area contributed by atoms with Crippen LogP contribution in [0.15, 0.2) is 30.3 Å². The molecule has 176 valence electrons. The van der Waals surface area contributed by atoms with E-state index >= 15 is 0 Å². The lowest BCUT2D eigenvalue weighted by Crippen LogP contribution is -2.33. The van der Waals surface area contributed by atoms with Gasteiger partial charge in [-0.1, -0.05) is 38.8 Å². The molecule has 2 aliphatic carbocycles. The molecule has 34 heavy (non-hydrogen) atoms. The maximum absolute atomic E-state index is 13.9. The molecule has 6 nitrogen and oxygen atoms in total. The fraction of sp³-hybridized carbons (Fsp3) is 0.385. The summed E-state index contributed by atoms with van der Waals surface area (Å²) >= 11 is 0. The van der Waals surface area contributed by atoms with Crippen LogP contribution in [0.5, 0.6) is 0 Å². The summed E-state index contributed by atoms with van der Waals surface area (Å²) in [5.41, 5.74) is 1.00. The van der Waals surface area contributed by atoms with Gasteiger partial charge in [0.05, 0.1) is 11.1 Å². The van der Waals surface area contributed by atoms with Gasteiger partial charge in [0.2, 0.25) is 0 Å². The lowest BCUT2D eigenvalue weighted by molar-refractivity contribution is -0.191. The van der Waals surface area contributed by atoms with Gasteiger partial charge in [0.15, 0.2) is 5.82 Å². The third-order valence-corrected chi connectivity index (χ3v) is 6.83. The molecule has 2 fully saturated rings. The molecule has 0 saturated heterocycles. The first kappa shape index (κ1) is 26.4. The van der Waals surface area contributed by atoms with E-state index in [-0.39, 0.29) is 33.7 Å². The van der Waals surface area contributed by atoms with Gasteiger partial charge in [-0.15, -0.1) is 0 Å². The number of halogens is 2. The summed E-state index contributed by atoms with van der Waals surface area (Å²) in [5.74, 6) is -2.61. The van der Waals surface area contributed by atoms with E-state index in [2.05, 4.69) is 6.92 Å². The molecule has 2 aromatic carbocycles. The topological polar surface area (TPSA) is 119 Å². The molecule has 0 atom stereocenters. The molecule has 2 saturated carbocycles. The monoisotopic (exact) mass is 466 g/mol. The highest BCUT2D eigenvalue weighted by molar-refractivity contribution is 5.91. The highest BCUT2D eigenvalue weighted by Gasteiger charge is 2.38. The van der Waals surface area contributed by atoms with Crippen molar-refractivity contribution in [3.05, 3.63) is 69.8 Å². The number of hydrogen-bond acceptors (Lipinski definition) is 5. The van der Waals surface area contributed by atoms with E-state index < -0.39 is 17.6 Å². The molecule has 0 amide bonds. The average molecular weight is 466 g/mol. The van der Waals surface area contributed by atoms with Gasteiger partial charge < -0.3 is 5.11 Å². The summed E-state index contributed by atoms with van der Waals surface area (Å²) in [7, 11) is 0. The molecule has 8 heteroatoms. The predicted molar refractivity (Wildman–Crippen MR) is 117 cm³/mol. The summed E-state index contributed by atoms with van der Waals surface area (Å²) < 4.78 is 27.2. The van der Waals surface area contributed by atoms with Crippen LogP contribution in [0.25, 0.3) is 0 Å². The van der Waals surface area contributed by atoms with Gasteiger partial charge >= 0.3 is 12.1 Å². The number of hydrogen-bond donors (Lipinski definition) is 1. The fourth-order valence-electron chi connectivity index (χ4n) is 4.33. The van der Waals surface area contributed by atoms with Crippen molar-refractivity contribution in [2.75, 3.05) is 0 Å². The molecule has 1 N–H and O–H groups in total. The number of benzene rings is 2. The van der Waals surface area contributed by atoms with Gasteiger partial charge in [0, 0.05) is 0 Å². The largest absolute Gasteiger partial charge is 0.478 e. The van der Waals surface area contributed by atoms with Gasteiger partial charge in [-0.25, -0.2) is 13.6 Å². The highest BCUT2D eigenvalue weighted by Crippen LogP contribution is 2.45. The molecular weight excluding hydrogens is 442 g/mol. The molecule has 0 unspecified atom stereocenters. The first-order chi connectivity index (χ1) is 16.1. The zero-order valence-corrected chi connectivity index (χ0v) is 19.0. The zero-order valence-electron chi connectivity index (χ0n) is 19.0. The Kier molecular flexibility index (Phi) is 8.41. The summed E-state index contributed by atoms with van der Waals surface area (Å²) in [6.07, 6.45) is 6.46. The van der Waals surface area contributed by atoms with Crippen LogP contribution in [-0.4, -0.2) is 17.2 Å². The van der Waals surface area contributed by atoms with Crippen molar-refractivity contribution in [3.8, 4) is 12.1 Å². The quantitative estimate of drug-likeness (QED) is 0.647. The van der Waals surface area contributed by atoms with Crippen LogP contribution in [0.4, 0.5) is 8.78 Å². The Balaban J connectivity index is 0.000000219. The maximum atomic E-state index is 13.9. The van der Waals surface area contributed by atoms with Crippen molar-refractivity contribution >= 4 is 12.1 Å². The maximum Gasteiger partial charge on any atom is 0.373 e. The van der Waals surface area contributed by atoms with Crippen LogP contribution in [0, 0.1) is 34.3 Å². The first-order valence-electron chi connectivity index (χ1n) is 10.7. The summed E-state index contributed by atoms with van der Waals surface area (Å²) in [4.78, 5) is 27.4. The van der Waals surface area contributed by atoms with E-state index in [0.29, 0.717) is 5.56 Å². The van der Waals surface area contributed by atoms with E-state index in [1.54, 1.807) is 18.2 Å². The third kappa shape index (κ3) is 5.36. The molecule has 4 rings (SSSR count). The fourth-order valence-corrected chi connectivity index (χ4v) is 4.33. The lowest BCUT2D eigenvalue weighted by Gasteiger charge is -2.39. The van der Waals surface area contributed by atoms with E-state index in [9.17, 15) is 13.6 Å².